The van der Waals surface area contributed by atoms with Crippen molar-refractivity contribution in [3.05, 3.63) is 33.0 Å². The van der Waals surface area contributed by atoms with Gasteiger partial charge in [-0.05, 0) is 41.4 Å². The van der Waals surface area contributed by atoms with Crippen LogP contribution in [0, 0.1) is 5.82 Å². The summed E-state index contributed by atoms with van der Waals surface area (Å²) in [6.07, 6.45) is 2.17. The van der Waals surface area contributed by atoms with Crippen molar-refractivity contribution in [1.29, 1.82) is 0 Å². The van der Waals surface area contributed by atoms with Gasteiger partial charge in [0.1, 0.15) is 5.82 Å². The van der Waals surface area contributed by atoms with Crippen LogP contribution in [0.1, 0.15) is 30.9 Å². The quantitative estimate of drug-likeness (QED) is 0.818. The van der Waals surface area contributed by atoms with Crippen molar-refractivity contribution in [2.24, 2.45) is 0 Å². The summed E-state index contributed by atoms with van der Waals surface area (Å²) in [5, 5.41) is 13.4. The van der Waals surface area contributed by atoms with E-state index in [0.29, 0.717) is 4.47 Å². The van der Waals surface area contributed by atoms with Gasteiger partial charge in [0.15, 0.2) is 0 Å². The Bertz CT molecular complexity index is 410. The monoisotopic (exact) mass is 321 g/mol. The Morgan fingerprint density at radius 3 is 2.88 bits per heavy atom. The second-order valence-corrected chi connectivity index (χ2v) is 5.50. The van der Waals surface area contributed by atoms with Gasteiger partial charge in [-0.15, -0.1) is 0 Å². The van der Waals surface area contributed by atoms with Crippen LogP contribution >= 0.6 is 27.5 Å². The van der Waals surface area contributed by atoms with Crippen molar-refractivity contribution in [1.82, 2.24) is 5.32 Å². The molecular weight excluding hydrogens is 308 g/mol. The molecule has 2 N–H and O–H groups in total. The van der Waals surface area contributed by atoms with Crippen molar-refractivity contribution in [2.45, 2.75) is 31.4 Å². The average molecular weight is 323 g/mol. The van der Waals surface area contributed by atoms with Gasteiger partial charge in [0.2, 0.25) is 0 Å². The number of aliphatic hydroxyl groups is 1. The fraction of sp³-hybridized carbons (Fsp3) is 0.500. The molecule has 0 saturated carbocycles. The highest BCUT2D eigenvalue weighted by atomic mass is 79.9. The highest BCUT2D eigenvalue weighted by Crippen LogP contribution is 2.32. The number of halogens is 3. The molecule has 2 rings (SSSR count). The van der Waals surface area contributed by atoms with Crippen LogP contribution in [-0.2, 0) is 0 Å². The summed E-state index contributed by atoms with van der Waals surface area (Å²) in [6.45, 7) is 0.869. The fourth-order valence-electron chi connectivity index (χ4n) is 2.13. The van der Waals surface area contributed by atoms with E-state index < -0.39 is 11.9 Å². The van der Waals surface area contributed by atoms with Gasteiger partial charge in [-0.25, -0.2) is 4.39 Å². The summed E-state index contributed by atoms with van der Waals surface area (Å²) in [5.41, 5.74) is 0.262. The number of hydrogen-bond acceptors (Lipinski definition) is 2. The maximum absolute atomic E-state index is 13.9. The Labute approximate surface area is 113 Å². The molecule has 0 aliphatic carbocycles. The van der Waals surface area contributed by atoms with Crippen molar-refractivity contribution < 1.29 is 9.50 Å². The van der Waals surface area contributed by atoms with Gasteiger partial charge in [0.25, 0.3) is 0 Å². The minimum atomic E-state index is -0.846. The maximum Gasteiger partial charge on any atom is 0.148 e. The molecule has 0 radical (unpaired) electrons. The van der Waals surface area contributed by atoms with Crippen LogP contribution in [0.25, 0.3) is 0 Å². The molecule has 1 aromatic carbocycles. The van der Waals surface area contributed by atoms with E-state index in [1.165, 1.54) is 0 Å². The van der Waals surface area contributed by atoms with E-state index in [1.807, 2.05) is 0 Å². The van der Waals surface area contributed by atoms with E-state index >= 15 is 0 Å². The third kappa shape index (κ3) is 2.81. The molecule has 0 amide bonds. The minimum Gasteiger partial charge on any atom is -0.387 e. The van der Waals surface area contributed by atoms with Gasteiger partial charge in [-0.3, -0.25) is 0 Å². The standard InChI is InChI=1S/C12H14BrClFNO/c13-8-5-4-7(11(15)10(8)14)12(17)9-3-1-2-6-16-9/h4-5,9,12,16-17H,1-3,6H2. The first-order valence-electron chi connectivity index (χ1n) is 5.66. The Hall–Kier alpha value is -0.160. The van der Waals surface area contributed by atoms with Crippen molar-refractivity contribution in [2.75, 3.05) is 6.54 Å². The molecule has 5 heteroatoms. The van der Waals surface area contributed by atoms with E-state index in [1.54, 1.807) is 12.1 Å². The summed E-state index contributed by atoms with van der Waals surface area (Å²) in [7, 11) is 0. The molecule has 2 atom stereocenters. The molecule has 0 aromatic heterocycles. The van der Waals surface area contributed by atoms with Crippen LogP contribution < -0.4 is 5.32 Å². The first-order valence-corrected chi connectivity index (χ1v) is 6.83. The molecule has 1 saturated heterocycles. The molecule has 2 nitrogen and oxygen atoms in total. The lowest BCUT2D eigenvalue weighted by molar-refractivity contribution is 0.110. The van der Waals surface area contributed by atoms with Gasteiger partial charge >= 0.3 is 0 Å². The molecule has 2 unspecified atom stereocenters. The molecule has 1 aliphatic rings. The lowest BCUT2D eigenvalue weighted by atomic mass is 9.95. The normalized spacial score (nSPS) is 22.5. The zero-order chi connectivity index (χ0) is 12.4. The Morgan fingerprint density at radius 1 is 1.47 bits per heavy atom. The molecular formula is C12H14BrClFNO. The number of piperidine rings is 1. The van der Waals surface area contributed by atoms with Gasteiger partial charge < -0.3 is 10.4 Å². The smallest absolute Gasteiger partial charge is 0.148 e. The van der Waals surface area contributed by atoms with E-state index in [4.69, 9.17) is 11.6 Å². The SMILES string of the molecule is OC(c1ccc(Br)c(Cl)c1F)C1CCCCN1. The number of aliphatic hydroxyl groups excluding tert-OH is 1. The molecule has 1 aliphatic heterocycles. The van der Waals surface area contributed by atoms with Crippen LogP contribution in [0.2, 0.25) is 5.02 Å². The first kappa shape index (κ1) is 13.3. The molecule has 17 heavy (non-hydrogen) atoms. The van der Waals surface area contributed by atoms with Crippen LogP contribution in [0.5, 0.6) is 0 Å². The second kappa shape index (κ2) is 5.65. The average Bonchev–Trinajstić information content (AvgIpc) is 2.36. The Kier molecular flexibility index (Phi) is 4.42. The number of hydrogen-bond donors (Lipinski definition) is 2. The van der Waals surface area contributed by atoms with Gasteiger partial charge in [-0.2, -0.15) is 0 Å². The summed E-state index contributed by atoms with van der Waals surface area (Å²) in [6, 6.07) is 3.15. The van der Waals surface area contributed by atoms with Crippen LogP contribution in [-0.4, -0.2) is 17.7 Å². The Morgan fingerprint density at radius 2 is 2.24 bits per heavy atom. The lowest BCUT2D eigenvalue weighted by Gasteiger charge is -2.28. The zero-order valence-corrected chi connectivity index (χ0v) is 11.6. The molecule has 0 spiro atoms. The van der Waals surface area contributed by atoms with E-state index in [9.17, 15) is 9.50 Å². The molecule has 1 fully saturated rings. The maximum atomic E-state index is 13.9. The summed E-state index contributed by atoms with van der Waals surface area (Å²) in [4.78, 5) is 0. The van der Waals surface area contributed by atoms with Crippen molar-refractivity contribution in [3.63, 3.8) is 0 Å². The highest BCUT2D eigenvalue weighted by Gasteiger charge is 2.26. The van der Waals surface area contributed by atoms with Crippen LogP contribution in [0.3, 0.4) is 0 Å². The summed E-state index contributed by atoms with van der Waals surface area (Å²) < 4.78 is 14.4. The van der Waals surface area contributed by atoms with Gasteiger partial charge in [0, 0.05) is 16.1 Å². The first-order chi connectivity index (χ1) is 8.11. The van der Waals surface area contributed by atoms with E-state index in [-0.39, 0.29) is 16.6 Å². The van der Waals surface area contributed by atoms with Crippen molar-refractivity contribution >= 4 is 27.5 Å². The minimum absolute atomic E-state index is 0.0253. The number of rotatable bonds is 2. The third-order valence-corrected chi connectivity index (χ3v) is 4.37. The topological polar surface area (TPSA) is 32.3 Å². The zero-order valence-electron chi connectivity index (χ0n) is 9.22. The highest BCUT2D eigenvalue weighted by molar-refractivity contribution is 9.10. The third-order valence-electron chi connectivity index (χ3n) is 3.11. The van der Waals surface area contributed by atoms with Gasteiger partial charge in [0.05, 0.1) is 11.1 Å². The number of nitrogens with one attached hydrogen (secondary N) is 1. The molecule has 1 heterocycles. The van der Waals surface area contributed by atoms with Crippen LogP contribution in [0.4, 0.5) is 4.39 Å². The summed E-state index contributed by atoms with van der Waals surface area (Å²) >= 11 is 8.97. The Balaban J connectivity index is 2.24. The fourth-order valence-corrected chi connectivity index (χ4v) is 2.61. The summed E-state index contributed by atoms with van der Waals surface area (Å²) in [5.74, 6) is -0.541. The van der Waals surface area contributed by atoms with E-state index in [2.05, 4.69) is 21.2 Å². The van der Waals surface area contributed by atoms with Crippen molar-refractivity contribution in [3.8, 4) is 0 Å². The molecule has 94 valence electrons. The predicted octanol–water partition coefficient (Wildman–Crippen LogP) is 3.42. The van der Waals surface area contributed by atoms with Gasteiger partial charge in [-0.1, -0.05) is 24.1 Å². The van der Waals surface area contributed by atoms with E-state index in [0.717, 1.165) is 25.8 Å². The lowest BCUT2D eigenvalue weighted by Crippen LogP contribution is -2.39. The molecule has 0 bridgehead atoms. The van der Waals surface area contributed by atoms with Crippen LogP contribution in [0.15, 0.2) is 16.6 Å². The number of benzene rings is 1. The molecule has 1 aromatic rings. The largest absolute Gasteiger partial charge is 0.387 e. The predicted molar refractivity (Wildman–Crippen MR) is 69.7 cm³/mol. The second-order valence-electron chi connectivity index (χ2n) is 4.27.